The van der Waals surface area contributed by atoms with E-state index < -0.39 is 5.91 Å². The summed E-state index contributed by atoms with van der Waals surface area (Å²) in [6.07, 6.45) is 0. The number of ether oxygens (including phenoxy) is 1. The number of hydrogen-bond acceptors (Lipinski definition) is 8. The molecule has 0 aromatic heterocycles. The lowest BCUT2D eigenvalue weighted by Crippen LogP contribution is -2.26. The number of primary amides is 1. The van der Waals surface area contributed by atoms with Gasteiger partial charge in [-0.1, -0.05) is 45.8 Å². The Balaban J connectivity index is 2.15. The minimum absolute atomic E-state index is 0.0210. The van der Waals surface area contributed by atoms with Gasteiger partial charge in [-0.2, -0.15) is 0 Å². The molecule has 0 saturated heterocycles. The van der Waals surface area contributed by atoms with E-state index in [1.54, 1.807) is 12.1 Å². The van der Waals surface area contributed by atoms with Crippen molar-refractivity contribution in [1.82, 2.24) is 0 Å². The normalized spacial score (nSPS) is 12.3. The van der Waals surface area contributed by atoms with Crippen molar-refractivity contribution in [2.45, 2.75) is 27.4 Å². The predicted octanol–water partition coefficient (Wildman–Crippen LogP) is 3.17. The number of oxime groups is 3. The molecule has 9 nitrogen and oxygen atoms in total. The molecule has 9 heteroatoms. The van der Waals surface area contributed by atoms with Crippen molar-refractivity contribution < 1.29 is 24.0 Å². The summed E-state index contributed by atoms with van der Waals surface area (Å²) in [6.45, 7) is 5.98. The predicted molar refractivity (Wildman–Crippen MR) is 123 cm³/mol. The second kappa shape index (κ2) is 12.1. The molecule has 0 radical (unpaired) electrons. The van der Waals surface area contributed by atoms with Crippen LogP contribution in [0.25, 0.3) is 0 Å². The van der Waals surface area contributed by atoms with Crippen LogP contribution in [-0.4, -0.2) is 43.9 Å². The summed E-state index contributed by atoms with van der Waals surface area (Å²) >= 11 is 0. The monoisotopic (exact) mass is 440 g/mol. The maximum Gasteiger partial charge on any atom is 0.271 e. The van der Waals surface area contributed by atoms with Crippen LogP contribution in [0.2, 0.25) is 0 Å². The first-order valence-electron chi connectivity index (χ1n) is 9.83. The third kappa shape index (κ3) is 6.83. The van der Waals surface area contributed by atoms with E-state index in [0.29, 0.717) is 29.3 Å². The van der Waals surface area contributed by atoms with E-state index in [4.69, 9.17) is 25.0 Å². The molecular weight excluding hydrogens is 412 g/mol. The van der Waals surface area contributed by atoms with Crippen molar-refractivity contribution in [2.24, 2.45) is 21.2 Å². The molecule has 32 heavy (non-hydrogen) atoms. The van der Waals surface area contributed by atoms with Gasteiger partial charge in [-0.05, 0) is 38.5 Å². The molecule has 0 bridgehead atoms. The second-order valence-electron chi connectivity index (χ2n) is 6.86. The second-order valence-corrected chi connectivity index (χ2v) is 6.86. The number of aryl methyl sites for hydroxylation is 1. The lowest BCUT2D eigenvalue weighted by Gasteiger charge is -2.12. The summed E-state index contributed by atoms with van der Waals surface area (Å²) in [6, 6.07) is 12.9. The minimum Gasteiger partial charge on any atom is -0.488 e. The molecule has 0 unspecified atom stereocenters. The minimum atomic E-state index is -0.694. The van der Waals surface area contributed by atoms with Gasteiger partial charge in [-0.3, -0.25) is 4.79 Å². The number of amides is 1. The van der Waals surface area contributed by atoms with E-state index >= 15 is 0 Å². The fraction of sp³-hybridized carbons (Fsp3) is 0.304. The fourth-order valence-corrected chi connectivity index (χ4v) is 2.86. The molecule has 0 fully saturated rings. The van der Waals surface area contributed by atoms with Gasteiger partial charge in [0.2, 0.25) is 0 Å². The SMILES string of the molecule is CO/N=C(\C)COc1cccc(/C(C)=N/OCc2c(C)cccc2/C(=N\OC)C(N)=O)c1. The van der Waals surface area contributed by atoms with Gasteiger partial charge >= 0.3 is 0 Å². The number of nitrogens with two attached hydrogens (primary N) is 1. The van der Waals surface area contributed by atoms with E-state index in [0.717, 1.165) is 16.7 Å². The van der Waals surface area contributed by atoms with Crippen LogP contribution in [0.15, 0.2) is 57.9 Å². The molecular formula is C23H28N4O5. The van der Waals surface area contributed by atoms with Gasteiger partial charge in [0.15, 0.2) is 5.71 Å². The average molecular weight is 441 g/mol. The third-order valence-corrected chi connectivity index (χ3v) is 4.44. The Kier molecular flexibility index (Phi) is 9.22. The van der Waals surface area contributed by atoms with E-state index in [-0.39, 0.29) is 12.3 Å². The lowest BCUT2D eigenvalue weighted by atomic mass is 9.98. The molecule has 0 aliphatic heterocycles. The van der Waals surface area contributed by atoms with Crippen LogP contribution in [0.3, 0.4) is 0 Å². The average Bonchev–Trinajstić information content (AvgIpc) is 2.77. The number of carbonyl (C=O) groups excluding carboxylic acids is 1. The van der Waals surface area contributed by atoms with E-state index in [2.05, 4.69) is 15.5 Å². The number of hydrogen-bond donors (Lipinski definition) is 1. The van der Waals surface area contributed by atoms with E-state index in [1.165, 1.54) is 14.2 Å². The van der Waals surface area contributed by atoms with E-state index in [1.807, 2.05) is 51.1 Å². The highest BCUT2D eigenvalue weighted by Gasteiger charge is 2.17. The number of benzene rings is 2. The van der Waals surface area contributed by atoms with Crippen molar-refractivity contribution in [2.75, 3.05) is 20.8 Å². The Labute approximate surface area is 187 Å². The summed E-state index contributed by atoms with van der Waals surface area (Å²) in [5.41, 5.74) is 9.88. The van der Waals surface area contributed by atoms with Crippen LogP contribution in [-0.2, 0) is 25.9 Å². The first kappa shape index (κ1) is 24.4. The van der Waals surface area contributed by atoms with Crippen molar-refractivity contribution in [3.05, 3.63) is 64.7 Å². The van der Waals surface area contributed by atoms with Crippen molar-refractivity contribution in [3.63, 3.8) is 0 Å². The molecule has 1 amide bonds. The molecule has 2 aromatic carbocycles. The molecule has 0 aliphatic rings. The molecule has 2 aromatic rings. The molecule has 0 spiro atoms. The first-order valence-corrected chi connectivity index (χ1v) is 9.83. The Morgan fingerprint density at radius 1 is 1.00 bits per heavy atom. The Bertz CT molecular complexity index is 1030. The van der Waals surface area contributed by atoms with Gasteiger partial charge in [-0.15, -0.1) is 0 Å². The first-order chi connectivity index (χ1) is 15.4. The number of rotatable bonds is 11. The Morgan fingerprint density at radius 3 is 2.41 bits per heavy atom. The topological polar surface area (TPSA) is 117 Å². The molecule has 170 valence electrons. The number of nitrogens with zero attached hydrogens (tertiary/aromatic N) is 3. The molecule has 0 atom stereocenters. The number of carbonyl (C=O) groups is 1. The van der Waals surface area contributed by atoms with Crippen LogP contribution in [0.5, 0.6) is 5.75 Å². The maximum absolute atomic E-state index is 11.8. The zero-order valence-electron chi connectivity index (χ0n) is 18.9. The summed E-state index contributed by atoms with van der Waals surface area (Å²) < 4.78 is 5.71. The summed E-state index contributed by atoms with van der Waals surface area (Å²) in [5, 5.41) is 11.8. The van der Waals surface area contributed by atoms with Gasteiger partial charge < -0.3 is 25.0 Å². The van der Waals surface area contributed by atoms with Gasteiger partial charge in [0, 0.05) is 16.7 Å². The maximum atomic E-state index is 11.8. The largest absolute Gasteiger partial charge is 0.488 e. The fourth-order valence-electron chi connectivity index (χ4n) is 2.86. The zero-order chi connectivity index (χ0) is 23.5. The molecule has 0 aliphatic carbocycles. The molecule has 2 N–H and O–H groups in total. The van der Waals surface area contributed by atoms with Crippen LogP contribution in [0, 0.1) is 6.92 Å². The van der Waals surface area contributed by atoms with Crippen LogP contribution in [0.1, 0.15) is 36.1 Å². The smallest absolute Gasteiger partial charge is 0.271 e. The van der Waals surface area contributed by atoms with Crippen molar-refractivity contribution in [3.8, 4) is 5.75 Å². The summed E-state index contributed by atoms with van der Waals surface area (Å²) in [4.78, 5) is 26.9. The summed E-state index contributed by atoms with van der Waals surface area (Å²) in [7, 11) is 2.84. The standard InChI is InChI=1S/C23H28N4O5/c1-15-8-6-11-20(22(23(24)28)27-30-5)21(15)14-32-26-17(3)18-9-7-10-19(12-18)31-13-16(2)25-29-4/h6-12H,13-14H2,1-5H3,(H2,24,28)/b25-16+,26-17+,27-22+. The Morgan fingerprint density at radius 2 is 1.72 bits per heavy atom. The quantitative estimate of drug-likeness (QED) is 0.425. The van der Waals surface area contributed by atoms with Gasteiger partial charge in [0.05, 0.1) is 11.4 Å². The van der Waals surface area contributed by atoms with Crippen LogP contribution < -0.4 is 10.5 Å². The van der Waals surface area contributed by atoms with E-state index in [9.17, 15) is 4.79 Å². The lowest BCUT2D eigenvalue weighted by molar-refractivity contribution is -0.112. The third-order valence-electron chi connectivity index (χ3n) is 4.44. The Hall–Kier alpha value is -3.88. The highest BCUT2D eigenvalue weighted by molar-refractivity contribution is 6.45. The van der Waals surface area contributed by atoms with Crippen LogP contribution in [0.4, 0.5) is 0 Å². The molecule has 0 heterocycles. The van der Waals surface area contributed by atoms with Gasteiger partial charge in [0.25, 0.3) is 5.91 Å². The highest BCUT2D eigenvalue weighted by atomic mass is 16.6. The summed E-state index contributed by atoms with van der Waals surface area (Å²) in [5.74, 6) is -0.0215. The van der Waals surface area contributed by atoms with Crippen molar-refractivity contribution in [1.29, 1.82) is 0 Å². The van der Waals surface area contributed by atoms with Gasteiger partial charge in [0.1, 0.15) is 33.2 Å². The highest BCUT2D eigenvalue weighted by Crippen LogP contribution is 2.18. The molecule has 0 saturated carbocycles. The zero-order valence-corrected chi connectivity index (χ0v) is 18.9. The molecule has 2 rings (SSSR count). The van der Waals surface area contributed by atoms with Crippen molar-refractivity contribution >= 4 is 23.0 Å². The van der Waals surface area contributed by atoms with Crippen LogP contribution >= 0.6 is 0 Å². The van der Waals surface area contributed by atoms with Gasteiger partial charge in [-0.25, -0.2) is 0 Å².